The quantitative estimate of drug-likeness (QED) is 0.154. The summed E-state index contributed by atoms with van der Waals surface area (Å²) in [5.41, 5.74) is 15.8. The van der Waals surface area contributed by atoms with Crippen LogP contribution in [0.15, 0.2) is 267 Å². The molecule has 0 aliphatic heterocycles. The molecule has 340 valence electrons. The predicted octanol–water partition coefficient (Wildman–Crippen LogP) is 20.9. The van der Waals surface area contributed by atoms with E-state index in [2.05, 4.69) is 267 Å². The van der Waals surface area contributed by atoms with E-state index >= 15 is 0 Å². The number of rotatable bonds is 4. The van der Waals surface area contributed by atoms with E-state index in [9.17, 15) is 0 Å². The fourth-order valence-electron chi connectivity index (χ4n) is 13.5. The average Bonchev–Trinajstić information content (AvgIpc) is 4.11. The van der Waals surface area contributed by atoms with Crippen LogP contribution in [0.25, 0.3) is 164 Å². The zero-order valence-electron chi connectivity index (χ0n) is 40.4. The number of hydrogen-bond donors (Lipinski definition) is 0. The lowest BCUT2D eigenvalue weighted by Crippen LogP contribution is -1.93. The molecule has 74 heavy (non-hydrogen) atoms. The van der Waals surface area contributed by atoms with Crippen LogP contribution >= 0.6 is 0 Å². The third kappa shape index (κ3) is 5.74. The molecule has 0 bridgehead atoms. The molecule has 0 atom stereocenters. The van der Waals surface area contributed by atoms with Crippen LogP contribution in [0.4, 0.5) is 0 Å². The molecule has 1 aliphatic rings. The second-order valence-electron chi connectivity index (χ2n) is 20.0. The van der Waals surface area contributed by atoms with Gasteiger partial charge in [-0.05, 0) is 170 Å². The first-order valence-electron chi connectivity index (χ1n) is 25.8. The van der Waals surface area contributed by atoms with Crippen molar-refractivity contribution in [1.29, 1.82) is 0 Å². The fourth-order valence-corrected chi connectivity index (χ4v) is 13.5. The molecule has 0 heterocycles. The van der Waals surface area contributed by atoms with Gasteiger partial charge in [0.05, 0.1) is 0 Å². The molecule has 0 heteroatoms. The van der Waals surface area contributed by atoms with Gasteiger partial charge < -0.3 is 0 Å². The Balaban J connectivity index is 0.000000131. The fraction of sp³-hybridized carbons (Fsp3) is 0. The van der Waals surface area contributed by atoms with E-state index < -0.39 is 0 Å². The largest absolute Gasteiger partial charge is 0.0622 e. The van der Waals surface area contributed by atoms with E-state index in [0.29, 0.717) is 0 Å². The maximum atomic E-state index is 2.51. The van der Waals surface area contributed by atoms with Crippen molar-refractivity contribution in [1.82, 2.24) is 0 Å². The van der Waals surface area contributed by atoms with E-state index in [0.717, 1.165) is 0 Å². The van der Waals surface area contributed by atoms with Crippen LogP contribution in [-0.4, -0.2) is 0 Å². The van der Waals surface area contributed by atoms with Crippen molar-refractivity contribution in [3.05, 3.63) is 267 Å². The molecular formula is C74H44. The van der Waals surface area contributed by atoms with Crippen molar-refractivity contribution < 1.29 is 0 Å². The SMILES string of the molecule is c1ccc(-c2c3c(c(-c4ccccc4)c4ccccc24)-c2cccc4cccc-3c24)cc1.c1ccc(-c2c3cc4c5ccccc5c5cccc(c3c(-c3ccccc3)c3c6cccc7cccc(c23)c76)c54)cc1. The first kappa shape index (κ1) is 41.0. The van der Waals surface area contributed by atoms with Gasteiger partial charge in [0.15, 0.2) is 0 Å². The second-order valence-corrected chi connectivity index (χ2v) is 20.0. The summed E-state index contributed by atoms with van der Waals surface area (Å²) in [4.78, 5) is 0. The maximum absolute atomic E-state index is 2.51. The molecule has 16 aromatic rings. The van der Waals surface area contributed by atoms with Crippen LogP contribution in [0.2, 0.25) is 0 Å². The zero-order chi connectivity index (χ0) is 48.4. The molecule has 0 unspecified atom stereocenters. The molecule has 0 fully saturated rings. The van der Waals surface area contributed by atoms with Gasteiger partial charge in [0.2, 0.25) is 0 Å². The first-order chi connectivity index (χ1) is 36.8. The minimum atomic E-state index is 1.26. The van der Waals surface area contributed by atoms with Gasteiger partial charge in [-0.3, -0.25) is 0 Å². The number of hydrogen-bond acceptors (Lipinski definition) is 0. The van der Waals surface area contributed by atoms with Crippen LogP contribution in [0.5, 0.6) is 0 Å². The molecular weight excluding hydrogens is 889 g/mol. The molecule has 0 amide bonds. The summed E-state index contributed by atoms with van der Waals surface area (Å²) < 4.78 is 0. The van der Waals surface area contributed by atoms with Gasteiger partial charge in [0, 0.05) is 0 Å². The standard InChI is InChI=1S/C42H24.C32H20/c1-3-12-26(13-4-1)37-35-24-34-29-19-8-7-18-28(29)30-20-11-23-33(39(30)34)40(35)38(27-14-5-2-6-15-27)42-32-22-10-17-25-16-9-21-31(36(25)32)41(37)42;1-3-11-22(12-4-1)29-24-17-7-8-18-25(24)30(23-13-5-2-6-14-23)32-27-20-10-16-21-15-9-19-26(28(21)27)31(29)32/h1-24H;1-20H. The van der Waals surface area contributed by atoms with Crippen molar-refractivity contribution in [2.45, 2.75) is 0 Å². The van der Waals surface area contributed by atoms with E-state index in [1.54, 1.807) is 0 Å². The number of fused-ring (bicyclic) bond motifs is 12. The molecule has 0 N–H and O–H groups in total. The van der Waals surface area contributed by atoms with Crippen molar-refractivity contribution in [3.63, 3.8) is 0 Å². The summed E-state index contributed by atoms with van der Waals surface area (Å²) >= 11 is 0. The summed E-state index contributed by atoms with van der Waals surface area (Å²) in [7, 11) is 0. The van der Waals surface area contributed by atoms with E-state index in [4.69, 9.17) is 0 Å². The zero-order valence-corrected chi connectivity index (χ0v) is 40.4. The van der Waals surface area contributed by atoms with Crippen LogP contribution in [0.1, 0.15) is 0 Å². The van der Waals surface area contributed by atoms with E-state index in [1.165, 1.54) is 164 Å². The molecule has 17 rings (SSSR count). The molecule has 0 saturated heterocycles. The Kier molecular flexibility index (Phi) is 8.84. The van der Waals surface area contributed by atoms with Crippen molar-refractivity contribution in [2.75, 3.05) is 0 Å². The van der Waals surface area contributed by atoms with Gasteiger partial charge in [0.25, 0.3) is 0 Å². The lowest BCUT2D eigenvalue weighted by Gasteiger charge is -2.20. The molecule has 0 radical (unpaired) electrons. The minimum absolute atomic E-state index is 1.26. The Labute approximate surface area is 428 Å². The molecule has 16 aromatic carbocycles. The maximum Gasteiger partial charge on any atom is -0.000719 e. The summed E-state index contributed by atoms with van der Waals surface area (Å²) in [6.45, 7) is 0. The van der Waals surface area contributed by atoms with Gasteiger partial charge in [-0.2, -0.15) is 0 Å². The van der Waals surface area contributed by atoms with Crippen LogP contribution in [0, 0.1) is 0 Å². The van der Waals surface area contributed by atoms with Crippen molar-refractivity contribution in [3.8, 4) is 66.8 Å². The highest BCUT2D eigenvalue weighted by molar-refractivity contribution is 6.45. The van der Waals surface area contributed by atoms with E-state index in [1.807, 2.05) is 0 Å². The summed E-state index contributed by atoms with van der Waals surface area (Å²) in [5, 5.41) is 24.0. The van der Waals surface area contributed by atoms with Crippen molar-refractivity contribution in [2.24, 2.45) is 0 Å². The summed E-state index contributed by atoms with van der Waals surface area (Å²) in [6, 6.07) is 98.2. The lowest BCUT2D eigenvalue weighted by atomic mass is 9.82. The highest BCUT2D eigenvalue weighted by Gasteiger charge is 2.31. The summed E-state index contributed by atoms with van der Waals surface area (Å²) in [5.74, 6) is 0. The van der Waals surface area contributed by atoms with Gasteiger partial charge in [-0.1, -0.05) is 261 Å². The van der Waals surface area contributed by atoms with Crippen LogP contribution < -0.4 is 0 Å². The minimum Gasteiger partial charge on any atom is -0.0622 e. The molecule has 0 spiro atoms. The molecule has 1 aliphatic carbocycles. The molecule has 0 aromatic heterocycles. The van der Waals surface area contributed by atoms with Gasteiger partial charge >= 0.3 is 0 Å². The van der Waals surface area contributed by atoms with E-state index in [-0.39, 0.29) is 0 Å². The normalized spacial score (nSPS) is 12.1. The topological polar surface area (TPSA) is 0 Å². The lowest BCUT2D eigenvalue weighted by molar-refractivity contribution is 1.62. The Bertz CT molecular complexity index is 4770. The molecule has 0 saturated carbocycles. The number of benzene rings is 14. The summed E-state index contributed by atoms with van der Waals surface area (Å²) in [6.07, 6.45) is 0. The Morgan fingerprint density at radius 3 is 1.01 bits per heavy atom. The first-order valence-corrected chi connectivity index (χ1v) is 25.8. The molecule has 0 nitrogen and oxygen atoms in total. The highest BCUT2D eigenvalue weighted by Crippen LogP contribution is 2.58. The Morgan fingerprint density at radius 1 is 0.149 bits per heavy atom. The third-order valence-corrected chi connectivity index (χ3v) is 16.3. The highest BCUT2D eigenvalue weighted by atomic mass is 14.3. The van der Waals surface area contributed by atoms with Gasteiger partial charge in [0.1, 0.15) is 0 Å². The van der Waals surface area contributed by atoms with Gasteiger partial charge in [-0.25, -0.2) is 0 Å². The van der Waals surface area contributed by atoms with Gasteiger partial charge in [-0.15, -0.1) is 0 Å². The predicted molar refractivity (Wildman–Crippen MR) is 319 cm³/mol. The second kappa shape index (κ2) is 15.9. The van der Waals surface area contributed by atoms with Crippen LogP contribution in [0.3, 0.4) is 0 Å². The monoisotopic (exact) mass is 932 g/mol. The average molecular weight is 933 g/mol. The smallest absolute Gasteiger partial charge is 0.000719 e. The third-order valence-electron chi connectivity index (χ3n) is 16.3. The Morgan fingerprint density at radius 2 is 0.500 bits per heavy atom. The van der Waals surface area contributed by atoms with Crippen molar-refractivity contribution >= 4 is 97.0 Å². The van der Waals surface area contributed by atoms with Crippen LogP contribution in [-0.2, 0) is 0 Å². The Hall–Kier alpha value is -9.62.